The van der Waals surface area contributed by atoms with Crippen molar-refractivity contribution in [2.24, 2.45) is 0 Å². The first-order valence-corrected chi connectivity index (χ1v) is 2.79. The van der Waals surface area contributed by atoms with Crippen molar-refractivity contribution < 1.29 is 0 Å². The van der Waals surface area contributed by atoms with Crippen LogP contribution in [0.2, 0.25) is 0 Å². The monoisotopic (exact) mass is 101 g/mol. The minimum atomic E-state index is 1.16. The van der Waals surface area contributed by atoms with E-state index in [-0.39, 0.29) is 0 Å². The molecule has 0 radical (unpaired) electrons. The number of piperazine rings is 1. The summed E-state index contributed by atoms with van der Waals surface area (Å²) in [5.41, 5.74) is 0. The SMILES string of the molecule is CN1CC[15NH]CC1. The maximum atomic E-state index is 3.27. The van der Waals surface area contributed by atoms with E-state index in [0.717, 1.165) is 13.1 Å². The smallest absolute Gasteiger partial charge is 0.0104 e. The Morgan fingerprint density at radius 2 is 1.86 bits per heavy atom. The molecule has 42 valence electrons. The number of hydrogen-bond acceptors (Lipinski definition) is 2. The zero-order valence-electron chi connectivity index (χ0n) is 4.78. The van der Waals surface area contributed by atoms with E-state index in [0.29, 0.717) is 0 Å². The minimum Gasteiger partial charge on any atom is -0.314 e. The first-order chi connectivity index (χ1) is 3.39. The predicted molar refractivity (Wildman–Crippen MR) is 30.4 cm³/mol. The second-order valence-electron chi connectivity index (χ2n) is 2.05. The molecule has 0 bridgehead atoms. The Morgan fingerprint density at radius 1 is 1.29 bits per heavy atom. The lowest BCUT2D eigenvalue weighted by Crippen LogP contribution is -2.40. The number of nitrogens with zero attached hydrogens (tertiary/aromatic N) is 1. The van der Waals surface area contributed by atoms with Crippen molar-refractivity contribution in [1.82, 2.24) is 10.2 Å². The predicted octanol–water partition coefficient (Wildman–Crippen LogP) is -0.479. The molecule has 1 fully saturated rings. The number of hydrogen-bond donors (Lipinski definition) is 1. The summed E-state index contributed by atoms with van der Waals surface area (Å²) >= 11 is 0. The van der Waals surface area contributed by atoms with Crippen molar-refractivity contribution in [2.45, 2.75) is 0 Å². The van der Waals surface area contributed by atoms with Crippen LogP contribution in [0.5, 0.6) is 0 Å². The van der Waals surface area contributed by atoms with Crippen molar-refractivity contribution in [3.63, 3.8) is 0 Å². The molecule has 1 N–H and O–H groups in total. The summed E-state index contributed by atoms with van der Waals surface area (Å²) in [4.78, 5) is 2.33. The van der Waals surface area contributed by atoms with Gasteiger partial charge in [-0.3, -0.25) is 0 Å². The first-order valence-electron chi connectivity index (χ1n) is 2.79. The highest BCUT2D eigenvalue weighted by molar-refractivity contribution is 4.62. The molecular formula is C5H12N2. The molecule has 0 amide bonds. The summed E-state index contributed by atoms with van der Waals surface area (Å²) in [6, 6.07) is 0. The molecule has 1 saturated heterocycles. The molecule has 2 nitrogen and oxygen atoms in total. The zero-order chi connectivity index (χ0) is 5.11. The fraction of sp³-hybridized carbons (Fsp3) is 1.00. The third-order valence-electron chi connectivity index (χ3n) is 1.34. The van der Waals surface area contributed by atoms with Gasteiger partial charge in [-0.25, -0.2) is 0 Å². The average Bonchev–Trinajstić information content (AvgIpc) is 1.69. The third-order valence-corrected chi connectivity index (χ3v) is 1.34. The lowest BCUT2D eigenvalue weighted by molar-refractivity contribution is 0.291. The Kier molecular flexibility index (Phi) is 1.65. The normalized spacial score (nSPS) is 25.3. The van der Waals surface area contributed by atoms with Crippen molar-refractivity contribution >= 4 is 0 Å². The van der Waals surface area contributed by atoms with E-state index < -0.39 is 0 Å². The number of likely N-dealkylation sites (N-methyl/N-ethyl adjacent to an activating group) is 1. The van der Waals surface area contributed by atoms with Gasteiger partial charge in [0.15, 0.2) is 0 Å². The second kappa shape index (κ2) is 2.28. The molecule has 0 aliphatic carbocycles. The van der Waals surface area contributed by atoms with Gasteiger partial charge in [-0.05, 0) is 7.05 Å². The first kappa shape index (κ1) is 5.06. The highest BCUT2D eigenvalue weighted by atomic mass is 15.6. The Labute approximate surface area is 44.5 Å². The Hall–Kier alpha value is -0.0800. The van der Waals surface area contributed by atoms with E-state index in [1.807, 2.05) is 0 Å². The van der Waals surface area contributed by atoms with Gasteiger partial charge in [0, 0.05) is 26.2 Å². The van der Waals surface area contributed by atoms with Gasteiger partial charge in [0.25, 0.3) is 0 Å². The number of rotatable bonds is 0. The van der Waals surface area contributed by atoms with E-state index in [1.54, 1.807) is 0 Å². The Balaban J connectivity index is 2.12. The molecule has 0 unspecified atom stereocenters. The lowest BCUT2D eigenvalue weighted by atomic mass is 10.4. The van der Waals surface area contributed by atoms with Crippen LogP contribution in [0.25, 0.3) is 0 Å². The highest BCUT2D eigenvalue weighted by Gasteiger charge is 2.01. The molecule has 1 heterocycles. The largest absolute Gasteiger partial charge is 0.314 e. The van der Waals surface area contributed by atoms with E-state index >= 15 is 0 Å². The van der Waals surface area contributed by atoms with E-state index in [4.69, 9.17) is 0 Å². The molecular weight excluding hydrogens is 89.1 g/mol. The molecule has 0 aromatic rings. The van der Waals surface area contributed by atoms with Crippen LogP contribution in [0, 0.1) is 0 Å². The van der Waals surface area contributed by atoms with Crippen molar-refractivity contribution in [1.29, 1.82) is 0 Å². The third kappa shape index (κ3) is 1.45. The molecule has 1 aliphatic heterocycles. The fourth-order valence-corrected chi connectivity index (χ4v) is 0.777. The summed E-state index contributed by atoms with van der Waals surface area (Å²) in [7, 11) is 2.15. The molecule has 2 heteroatoms. The minimum absolute atomic E-state index is 1.16. The number of nitrogens with one attached hydrogen (secondary N) is 1. The van der Waals surface area contributed by atoms with Gasteiger partial charge in [-0.15, -0.1) is 0 Å². The molecule has 0 aromatic heterocycles. The van der Waals surface area contributed by atoms with Gasteiger partial charge in [0.05, 0.1) is 0 Å². The molecule has 0 spiro atoms. The van der Waals surface area contributed by atoms with E-state index in [9.17, 15) is 0 Å². The topological polar surface area (TPSA) is 15.3 Å². The van der Waals surface area contributed by atoms with E-state index in [1.165, 1.54) is 13.1 Å². The zero-order valence-corrected chi connectivity index (χ0v) is 4.78. The molecule has 7 heavy (non-hydrogen) atoms. The van der Waals surface area contributed by atoms with Crippen LogP contribution in [-0.4, -0.2) is 38.1 Å². The van der Waals surface area contributed by atoms with Gasteiger partial charge in [-0.2, -0.15) is 0 Å². The van der Waals surface area contributed by atoms with Crippen molar-refractivity contribution in [3.8, 4) is 0 Å². The Bertz CT molecular complexity index is 48.0. The highest BCUT2D eigenvalue weighted by Crippen LogP contribution is 1.82. The summed E-state index contributed by atoms with van der Waals surface area (Å²) in [5, 5.41) is 3.27. The van der Waals surface area contributed by atoms with Gasteiger partial charge in [0.1, 0.15) is 0 Å². The van der Waals surface area contributed by atoms with Crippen LogP contribution in [0.3, 0.4) is 0 Å². The summed E-state index contributed by atoms with van der Waals surface area (Å²) in [6.07, 6.45) is 0. The molecule has 1 aliphatic rings. The van der Waals surface area contributed by atoms with Crippen molar-refractivity contribution in [2.75, 3.05) is 33.2 Å². The van der Waals surface area contributed by atoms with Gasteiger partial charge in [0.2, 0.25) is 0 Å². The molecule has 0 saturated carbocycles. The molecule has 1 rings (SSSR count). The average molecular weight is 101 g/mol. The van der Waals surface area contributed by atoms with E-state index in [2.05, 4.69) is 17.3 Å². The van der Waals surface area contributed by atoms with Gasteiger partial charge >= 0.3 is 0 Å². The van der Waals surface area contributed by atoms with Crippen LogP contribution in [0.1, 0.15) is 0 Å². The van der Waals surface area contributed by atoms with Crippen molar-refractivity contribution in [3.05, 3.63) is 0 Å². The standard InChI is InChI=1S/C5H12N2/c1-7-4-2-6-3-5-7/h6H,2-5H2,1H3/i6+1. The van der Waals surface area contributed by atoms with Gasteiger partial charge in [-0.1, -0.05) is 0 Å². The summed E-state index contributed by atoms with van der Waals surface area (Å²) in [5.74, 6) is 0. The van der Waals surface area contributed by atoms with Crippen LogP contribution in [-0.2, 0) is 0 Å². The maximum Gasteiger partial charge on any atom is 0.0104 e. The fourth-order valence-electron chi connectivity index (χ4n) is 0.777. The summed E-state index contributed by atoms with van der Waals surface area (Å²) in [6.45, 7) is 4.74. The Morgan fingerprint density at radius 3 is 2.14 bits per heavy atom. The quantitative estimate of drug-likeness (QED) is 0.415. The maximum absolute atomic E-state index is 3.27. The lowest BCUT2D eigenvalue weighted by Gasteiger charge is -2.21. The molecule has 0 atom stereocenters. The van der Waals surface area contributed by atoms with Crippen LogP contribution in [0.4, 0.5) is 0 Å². The van der Waals surface area contributed by atoms with Gasteiger partial charge < -0.3 is 10.2 Å². The summed E-state index contributed by atoms with van der Waals surface area (Å²) < 4.78 is 0. The molecule has 0 aromatic carbocycles. The van der Waals surface area contributed by atoms with Crippen LogP contribution < -0.4 is 5.32 Å². The second-order valence-corrected chi connectivity index (χ2v) is 2.05. The van der Waals surface area contributed by atoms with Crippen LogP contribution in [0.15, 0.2) is 0 Å². The van der Waals surface area contributed by atoms with Crippen LogP contribution >= 0.6 is 0 Å².